The average Bonchev–Trinajstić information content (AvgIpc) is 2.37. The van der Waals surface area contributed by atoms with E-state index in [1.54, 1.807) is 13.3 Å². The third-order valence-electron chi connectivity index (χ3n) is 2.32. The van der Waals surface area contributed by atoms with Gasteiger partial charge in [0, 0.05) is 20.3 Å². The summed E-state index contributed by atoms with van der Waals surface area (Å²) in [7, 11) is 1.68. The van der Waals surface area contributed by atoms with Gasteiger partial charge in [0.15, 0.2) is 0 Å². The number of terminal acetylenes is 1. The molecule has 0 unspecified atom stereocenters. The number of halogens is 1. The Morgan fingerprint density at radius 3 is 3.06 bits per heavy atom. The second kappa shape index (κ2) is 7.90. The van der Waals surface area contributed by atoms with Crippen molar-refractivity contribution in [2.45, 2.75) is 19.4 Å². The zero-order chi connectivity index (χ0) is 13.4. The van der Waals surface area contributed by atoms with E-state index in [0.717, 1.165) is 26.0 Å². The number of unbranched alkanes of at least 4 members (excludes halogenated alkanes) is 1. The molecule has 1 heterocycles. The number of nitrogens with zero attached hydrogens (tertiary/aromatic N) is 2. The Hall–Kier alpha value is -1.32. The Bertz CT molecular complexity index is 479. The van der Waals surface area contributed by atoms with Gasteiger partial charge in [0.2, 0.25) is 0 Å². The summed E-state index contributed by atoms with van der Waals surface area (Å²) >= 11 is 3.25. The molecule has 6 heteroatoms. The molecule has 0 aliphatic heterocycles. The minimum absolute atomic E-state index is 0.172. The number of rotatable bonds is 7. The van der Waals surface area contributed by atoms with E-state index in [4.69, 9.17) is 11.2 Å². The van der Waals surface area contributed by atoms with Crippen molar-refractivity contribution in [1.29, 1.82) is 0 Å². The van der Waals surface area contributed by atoms with Crippen LogP contribution >= 0.6 is 15.9 Å². The average molecular weight is 314 g/mol. The molecule has 0 bridgehead atoms. The highest BCUT2D eigenvalue weighted by Crippen LogP contribution is 2.15. The lowest BCUT2D eigenvalue weighted by Gasteiger charge is -2.09. The Labute approximate surface area is 115 Å². The fourth-order valence-electron chi connectivity index (χ4n) is 1.38. The van der Waals surface area contributed by atoms with Gasteiger partial charge in [-0.05, 0) is 28.8 Å². The molecule has 0 spiro atoms. The van der Waals surface area contributed by atoms with Gasteiger partial charge in [-0.2, -0.15) is 5.10 Å². The minimum atomic E-state index is -0.227. The van der Waals surface area contributed by atoms with Crippen LogP contribution < -0.4 is 10.9 Å². The van der Waals surface area contributed by atoms with Gasteiger partial charge in [-0.1, -0.05) is 5.92 Å². The van der Waals surface area contributed by atoms with Crippen LogP contribution in [0.4, 0.5) is 5.69 Å². The number of hydrogen-bond donors (Lipinski definition) is 1. The summed E-state index contributed by atoms with van der Waals surface area (Å²) in [6, 6.07) is 0. The molecule has 18 heavy (non-hydrogen) atoms. The smallest absolute Gasteiger partial charge is 0.284 e. The second-order valence-corrected chi connectivity index (χ2v) is 4.46. The summed E-state index contributed by atoms with van der Waals surface area (Å²) in [5, 5.41) is 7.14. The standard InChI is InChI=1S/C12H16BrN3O2/c1-3-7-16-12(17)11(13)10(9-15-16)14-6-4-5-8-18-2/h1,9,14H,4-8H2,2H3. The summed E-state index contributed by atoms with van der Waals surface area (Å²) in [6.07, 6.45) is 8.69. The van der Waals surface area contributed by atoms with Crippen LogP contribution in [0.2, 0.25) is 0 Å². The van der Waals surface area contributed by atoms with Crippen molar-refractivity contribution in [3.63, 3.8) is 0 Å². The third-order valence-corrected chi connectivity index (χ3v) is 3.08. The van der Waals surface area contributed by atoms with E-state index >= 15 is 0 Å². The number of aromatic nitrogens is 2. The first-order valence-electron chi connectivity index (χ1n) is 5.62. The Morgan fingerprint density at radius 1 is 1.61 bits per heavy atom. The van der Waals surface area contributed by atoms with Gasteiger partial charge in [-0.25, -0.2) is 4.68 Å². The predicted molar refractivity (Wildman–Crippen MR) is 74.6 cm³/mol. The van der Waals surface area contributed by atoms with Crippen molar-refractivity contribution < 1.29 is 4.74 Å². The van der Waals surface area contributed by atoms with E-state index in [2.05, 4.69) is 32.3 Å². The summed E-state index contributed by atoms with van der Waals surface area (Å²) in [6.45, 7) is 1.68. The lowest BCUT2D eigenvalue weighted by Crippen LogP contribution is -2.24. The van der Waals surface area contributed by atoms with Crippen LogP contribution in [0.5, 0.6) is 0 Å². The molecular weight excluding hydrogens is 298 g/mol. The summed E-state index contributed by atoms with van der Waals surface area (Å²) < 4.78 is 6.65. The van der Waals surface area contributed by atoms with E-state index in [0.29, 0.717) is 10.2 Å². The van der Waals surface area contributed by atoms with E-state index < -0.39 is 0 Å². The largest absolute Gasteiger partial charge is 0.385 e. The molecule has 0 saturated carbocycles. The van der Waals surface area contributed by atoms with Crippen LogP contribution in [0, 0.1) is 12.3 Å². The SMILES string of the molecule is C#CCn1ncc(NCCCCOC)c(Br)c1=O. The second-order valence-electron chi connectivity index (χ2n) is 3.67. The van der Waals surface area contributed by atoms with Crippen molar-refractivity contribution in [1.82, 2.24) is 9.78 Å². The number of ether oxygens (including phenoxy) is 1. The van der Waals surface area contributed by atoms with Crippen LogP contribution in [-0.2, 0) is 11.3 Å². The first kappa shape index (κ1) is 14.7. The summed E-state index contributed by atoms with van der Waals surface area (Å²) in [5.74, 6) is 2.38. The van der Waals surface area contributed by atoms with Crippen LogP contribution in [-0.4, -0.2) is 30.0 Å². The van der Waals surface area contributed by atoms with Gasteiger partial charge in [-0.15, -0.1) is 6.42 Å². The minimum Gasteiger partial charge on any atom is -0.385 e. The van der Waals surface area contributed by atoms with Gasteiger partial charge >= 0.3 is 0 Å². The van der Waals surface area contributed by atoms with Gasteiger partial charge in [0.05, 0.1) is 11.9 Å². The zero-order valence-corrected chi connectivity index (χ0v) is 11.9. The number of methoxy groups -OCH3 is 1. The van der Waals surface area contributed by atoms with E-state index in [9.17, 15) is 4.79 Å². The maximum atomic E-state index is 11.8. The zero-order valence-electron chi connectivity index (χ0n) is 10.3. The molecule has 1 rings (SSSR count). The van der Waals surface area contributed by atoms with Crippen LogP contribution in [0.3, 0.4) is 0 Å². The molecule has 0 radical (unpaired) electrons. The van der Waals surface area contributed by atoms with Crippen molar-refractivity contribution in [2.24, 2.45) is 0 Å². The fraction of sp³-hybridized carbons (Fsp3) is 0.500. The molecular formula is C12H16BrN3O2. The predicted octanol–water partition coefficient (Wildman–Crippen LogP) is 1.48. The Kier molecular flexibility index (Phi) is 6.47. The number of hydrogen-bond acceptors (Lipinski definition) is 4. The molecule has 0 aliphatic rings. The first-order valence-corrected chi connectivity index (χ1v) is 6.42. The Morgan fingerprint density at radius 2 is 2.39 bits per heavy atom. The van der Waals surface area contributed by atoms with Crippen molar-refractivity contribution in [3.8, 4) is 12.3 Å². The van der Waals surface area contributed by atoms with Crippen LogP contribution in [0.15, 0.2) is 15.5 Å². The molecule has 0 atom stereocenters. The molecule has 1 N–H and O–H groups in total. The molecule has 98 valence electrons. The molecule has 1 aromatic rings. The summed E-state index contributed by atoms with van der Waals surface area (Å²) in [4.78, 5) is 11.8. The monoisotopic (exact) mass is 313 g/mol. The van der Waals surface area contributed by atoms with Crippen LogP contribution in [0.25, 0.3) is 0 Å². The quantitative estimate of drug-likeness (QED) is 0.612. The van der Waals surface area contributed by atoms with E-state index in [-0.39, 0.29) is 12.1 Å². The number of anilines is 1. The van der Waals surface area contributed by atoms with Crippen LogP contribution in [0.1, 0.15) is 12.8 Å². The normalized spacial score (nSPS) is 10.1. The maximum absolute atomic E-state index is 11.8. The highest BCUT2D eigenvalue weighted by atomic mass is 79.9. The molecule has 0 fully saturated rings. The van der Waals surface area contributed by atoms with Gasteiger partial charge in [0.25, 0.3) is 5.56 Å². The third kappa shape index (κ3) is 4.17. The Balaban J connectivity index is 2.60. The molecule has 1 aromatic heterocycles. The molecule has 0 amide bonds. The molecule has 0 aliphatic carbocycles. The van der Waals surface area contributed by atoms with Gasteiger partial charge < -0.3 is 10.1 Å². The highest BCUT2D eigenvalue weighted by Gasteiger charge is 2.07. The van der Waals surface area contributed by atoms with Gasteiger partial charge in [-0.3, -0.25) is 4.79 Å². The lowest BCUT2D eigenvalue weighted by molar-refractivity contribution is 0.194. The molecule has 5 nitrogen and oxygen atoms in total. The van der Waals surface area contributed by atoms with Crippen molar-refractivity contribution in [2.75, 3.05) is 25.6 Å². The summed E-state index contributed by atoms with van der Waals surface area (Å²) in [5.41, 5.74) is 0.459. The fourth-order valence-corrected chi connectivity index (χ4v) is 1.83. The van der Waals surface area contributed by atoms with E-state index in [1.807, 2.05) is 0 Å². The topological polar surface area (TPSA) is 56.1 Å². The lowest BCUT2D eigenvalue weighted by atomic mass is 10.3. The van der Waals surface area contributed by atoms with Crippen molar-refractivity contribution >= 4 is 21.6 Å². The maximum Gasteiger partial charge on any atom is 0.284 e. The first-order chi connectivity index (χ1) is 8.70. The molecule has 0 aromatic carbocycles. The van der Waals surface area contributed by atoms with Crippen molar-refractivity contribution in [3.05, 3.63) is 21.0 Å². The molecule has 0 saturated heterocycles. The number of nitrogens with one attached hydrogen (secondary N) is 1. The highest BCUT2D eigenvalue weighted by molar-refractivity contribution is 9.10. The van der Waals surface area contributed by atoms with Gasteiger partial charge in [0.1, 0.15) is 11.0 Å². The van der Waals surface area contributed by atoms with E-state index in [1.165, 1.54) is 4.68 Å².